The molecule has 0 N–H and O–H groups in total. The van der Waals surface area contributed by atoms with Crippen LogP contribution in [-0.4, -0.2) is 31.4 Å². The third-order valence-corrected chi connectivity index (χ3v) is 5.75. The predicted octanol–water partition coefficient (Wildman–Crippen LogP) is 3.83. The predicted molar refractivity (Wildman–Crippen MR) is 93.0 cm³/mol. The Morgan fingerprint density at radius 1 is 1.46 bits per heavy atom. The van der Waals surface area contributed by atoms with Crippen LogP contribution >= 0.6 is 22.9 Å². The van der Waals surface area contributed by atoms with Crippen molar-refractivity contribution in [3.63, 3.8) is 0 Å². The third kappa shape index (κ3) is 2.76. The maximum absolute atomic E-state index is 6.52. The molecule has 4 rings (SSSR count). The molecule has 0 unspecified atom stereocenters. The van der Waals surface area contributed by atoms with E-state index in [1.54, 1.807) is 16.0 Å². The van der Waals surface area contributed by atoms with Gasteiger partial charge in [0.1, 0.15) is 27.3 Å². The smallest absolute Gasteiger partial charge is 0.134 e. The molecule has 1 saturated heterocycles. The molecule has 0 aliphatic carbocycles. The Bertz CT molecular complexity index is 841. The molecular weight excluding hydrogens is 346 g/mol. The maximum atomic E-state index is 6.52. The van der Waals surface area contributed by atoms with Crippen LogP contribution in [0.15, 0.2) is 22.2 Å². The molecule has 4 heterocycles. The minimum absolute atomic E-state index is 0.355. The minimum Gasteiger partial charge on any atom is -0.361 e. The second-order valence-corrected chi connectivity index (χ2v) is 7.35. The number of aromatic nitrogens is 4. The normalized spacial score (nSPS) is 18.5. The van der Waals surface area contributed by atoms with E-state index in [0.717, 1.165) is 42.2 Å². The van der Waals surface area contributed by atoms with Crippen molar-refractivity contribution in [1.29, 1.82) is 0 Å². The van der Waals surface area contributed by atoms with Crippen molar-refractivity contribution in [2.45, 2.75) is 32.4 Å². The van der Waals surface area contributed by atoms with Gasteiger partial charge in [-0.1, -0.05) is 16.8 Å². The van der Waals surface area contributed by atoms with Gasteiger partial charge in [-0.3, -0.25) is 9.58 Å². The summed E-state index contributed by atoms with van der Waals surface area (Å²) in [4.78, 5) is 6.93. The number of hydrogen-bond acceptors (Lipinski definition) is 6. The summed E-state index contributed by atoms with van der Waals surface area (Å²) < 4.78 is 6.91. The molecule has 3 aromatic heterocycles. The van der Waals surface area contributed by atoms with Gasteiger partial charge in [0, 0.05) is 36.8 Å². The first-order valence-electron chi connectivity index (χ1n) is 7.92. The third-order valence-electron chi connectivity index (χ3n) is 4.40. The average Bonchev–Trinajstić information content (AvgIpc) is 3.32. The van der Waals surface area contributed by atoms with Crippen LogP contribution in [0, 0.1) is 6.92 Å². The first-order chi connectivity index (χ1) is 11.6. The summed E-state index contributed by atoms with van der Waals surface area (Å²) in [5.41, 5.74) is 2.52. The second kappa shape index (κ2) is 6.31. The molecular formula is C16H18ClN5OS. The molecule has 0 bridgehead atoms. The Labute approximate surface area is 149 Å². The lowest BCUT2D eigenvalue weighted by Gasteiger charge is -2.22. The van der Waals surface area contributed by atoms with E-state index in [1.165, 1.54) is 11.4 Å². The van der Waals surface area contributed by atoms with Crippen LogP contribution in [0.3, 0.4) is 0 Å². The Hall–Kier alpha value is -1.70. The average molecular weight is 364 g/mol. The quantitative estimate of drug-likeness (QED) is 0.705. The standard InChI is InChI=1S/C16H18ClN5OS/c1-10-8-12(20-23-10)14-11(15(17)21(2)19-14)9-22-6-3-4-13(22)16-18-5-7-24-16/h5,7-8,13H,3-4,6,9H2,1-2H3/t13-/m0/s1. The lowest BCUT2D eigenvalue weighted by Crippen LogP contribution is -2.23. The molecule has 3 aromatic rings. The molecule has 126 valence electrons. The minimum atomic E-state index is 0.355. The highest BCUT2D eigenvalue weighted by Crippen LogP contribution is 2.37. The summed E-state index contributed by atoms with van der Waals surface area (Å²) in [6.07, 6.45) is 4.17. The van der Waals surface area contributed by atoms with E-state index in [2.05, 4.69) is 20.1 Å². The zero-order valence-electron chi connectivity index (χ0n) is 13.6. The van der Waals surface area contributed by atoms with Crippen LogP contribution in [0.1, 0.15) is 35.2 Å². The Morgan fingerprint density at radius 2 is 2.33 bits per heavy atom. The van der Waals surface area contributed by atoms with Gasteiger partial charge in [-0.05, 0) is 26.3 Å². The van der Waals surface area contributed by atoms with Crippen molar-refractivity contribution in [2.24, 2.45) is 7.05 Å². The number of likely N-dealkylation sites (tertiary alicyclic amines) is 1. The first kappa shape index (κ1) is 15.8. The highest BCUT2D eigenvalue weighted by Gasteiger charge is 2.30. The van der Waals surface area contributed by atoms with Crippen molar-refractivity contribution in [3.05, 3.63) is 39.1 Å². The van der Waals surface area contributed by atoms with Crippen molar-refractivity contribution in [2.75, 3.05) is 6.54 Å². The highest BCUT2D eigenvalue weighted by atomic mass is 35.5. The molecule has 1 aliphatic rings. The van der Waals surface area contributed by atoms with Gasteiger partial charge in [-0.2, -0.15) is 5.10 Å². The van der Waals surface area contributed by atoms with Crippen LogP contribution in [0.25, 0.3) is 11.4 Å². The number of rotatable bonds is 4. The summed E-state index contributed by atoms with van der Waals surface area (Å²) in [7, 11) is 1.85. The van der Waals surface area contributed by atoms with Crippen LogP contribution in [0.4, 0.5) is 0 Å². The highest BCUT2D eigenvalue weighted by molar-refractivity contribution is 7.09. The molecule has 0 spiro atoms. The van der Waals surface area contributed by atoms with Crippen molar-refractivity contribution >= 4 is 22.9 Å². The molecule has 24 heavy (non-hydrogen) atoms. The van der Waals surface area contributed by atoms with Crippen LogP contribution in [-0.2, 0) is 13.6 Å². The molecule has 1 atom stereocenters. The van der Waals surface area contributed by atoms with E-state index in [9.17, 15) is 0 Å². The summed E-state index contributed by atoms with van der Waals surface area (Å²) in [5, 5.41) is 12.5. The molecule has 0 radical (unpaired) electrons. The van der Waals surface area contributed by atoms with Gasteiger partial charge in [0.15, 0.2) is 0 Å². The van der Waals surface area contributed by atoms with E-state index in [4.69, 9.17) is 16.1 Å². The molecule has 0 amide bonds. The molecule has 0 saturated carbocycles. The van der Waals surface area contributed by atoms with Crippen LogP contribution < -0.4 is 0 Å². The molecule has 8 heteroatoms. The Morgan fingerprint density at radius 3 is 3.04 bits per heavy atom. The maximum Gasteiger partial charge on any atom is 0.134 e. The zero-order valence-corrected chi connectivity index (χ0v) is 15.1. The van der Waals surface area contributed by atoms with Gasteiger partial charge in [0.25, 0.3) is 0 Å². The lowest BCUT2D eigenvalue weighted by molar-refractivity contribution is 0.248. The number of nitrogens with zero attached hydrogens (tertiary/aromatic N) is 5. The number of halogens is 1. The summed E-state index contributed by atoms with van der Waals surface area (Å²) in [6.45, 7) is 3.64. The summed E-state index contributed by atoms with van der Waals surface area (Å²) in [5.74, 6) is 0.763. The summed E-state index contributed by atoms with van der Waals surface area (Å²) in [6, 6.07) is 2.25. The van der Waals surface area contributed by atoms with Crippen molar-refractivity contribution in [3.8, 4) is 11.4 Å². The van der Waals surface area contributed by atoms with E-state index in [-0.39, 0.29) is 0 Å². The van der Waals surface area contributed by atoms with Crippen molar-refractivity contribution < 1.29 is 4.52 Å². The first-order valence-corrected chi connectivity index (χ1v) is 9.17. The van der Waals surface area contributed by atoms with Gasteiger partial charge in [-0.25, -0.2) is 4.98 Å². The van der Waals surface area contributed by atoms with E-state index >= 15 is 0 Å². The van der Waals surface area contributed by atoms with E-state index < -0.39 is 0 Å². The van der Waals surface area contributed by atoms with Gasteiger partial charge < -0.3 is 4.52 Å². The topological polar surface area (TPSA) is 60.0 Å². The van der Waals surface area contributed by atoms with Crippen LogP contribution in [0.2, 0.25) is 5.15 Å². The van der Waals surface area contributed by atoms with Gasteiger partial charge in [-0.15, -0.1) is 11.3 Å². The Kier molecular flexibility index (Phi) is 4.15. The SMILES string of the molecule is Cc1cc(-c2nn(C)c(Cl)c2CN2CCC[C@H]2c2nccs2)no1. The molecule has 1 fully saturated rings. The summed E-state index contributed by atoms with van der Waals surface area (Å²) >= 11 is 8.24. The largest absolute Gasteiger partial charge is 0.361 e. The molecule has 6 nitrogen and oxygen atoms in total. The molecule has 0 aromatic carbocycles. The fraction of sp³-hybridized carbons (Fsp3) is 0.438. The van der Waals surface area contributed by atoms with E-state index in [1.807, 2.05) is 31.6 Å². The van der Waals surface area contributed by atoms with Gasteiger partial charge >= 0.3 is 0 Å². The molecule has 1 aliphatic heterocycles. The van der Waals surface area contributed by atoms with E-state index in [0.29, 0.717) is 11.2 Å². The van der Waals surface area contributed by atoms with Crippen LogP contribution in [0.5, 0.6) is 0 Å². The second-order valence-electron chi connectivity index (χ2n) is 6.06. The monoisotopic (exact) mass is 363 g/mol. The van der Waals surface area contributed by atoms with Crippen molar-refractivity contribution in [1.82, 2.24) is 24.8 Å². The fourth-order valence-electron chi connectivity index (χ4n) is 3.27. The van der Waals surface area contributed by atoms with Gasteiger partial charge in [0.05, 0.1) is 6.04 Å². The Balaban J connectivity index is 1.67. The lowest BCUT2D eigenvalue weighted by atomic mass is 10.1. The number of thiazole rings is 1. The number of aryl methyl sites for hydroxylation is 2. The fourth-order valence-corrected chi connectivity index (χ4v) is 4.26. The van der Waals surface area contributed by atoms with Gasteiger partial charge in [0.2, 0.25) is 0 Å². The number of hydrogen-bond donors (Lipinski definition) is 0. The zero-order chi connectivity index (χ0) is 16.7.